The SMILES string of the molecule is C[N+](C)(C)[B][P+]([B][N+](C)(C)C)(c1ccccc1)c1ccccc1. The van der Waals surface area contributed by atoms with Crippen LogP contribution in [0.15, 0.2) is 60.7 Å². The summed E-state index contributed by atoms with van der Waals surface area (Å²) >= 11 is 0. The normalized spacial score (nSPS) is 12.8. The Hall–Kier alpha value is -1.08. The summed E-state index contributed by atoms with van der Waals surface area (Å²) in [5, 5.41) is 2.82. The molecule has 0 bridgehead atoms. The molecule has 2 radical (unpaired) electrons. The van der Waals surface area contributed by atoms with Gasteiger partial charge in [0.05, 0.1) is 52.9 Å². The van der Waals surface area contributed by atoms with E-state index in [9.17, 15) is 0 Å². The molecule has 0 amide bonds. The molecule has 0 aliphatic carbocycles. The van der Waals surface area contributed by atoms with Gasteiger partial charge in [-0.3, -0.25) is 0 Å². The van der Waals surface area contributed by atoms with E-state index in [-0.39, 0.29) is 0 Å². The van der Waals surface area contributed by atoms with Crippen molar-refractivity contribution in [1.29, 1.82) is 0 Å². The van der Waals surface area contributed by atoms with Gasteiger partial charge in [-0.2, -0.15) is 0 Å². The molecule has 0 atom stereocenters. The van der Waals surface area contributed by atoms with Crippen molar-refractivity contribution in [1.82, 2.24) is 0 Å². The lowest BCUT2D eigenvalue weighted by Crippen LogP contribution is -2.52. The van der Waals surface area contributed by atoms with Gasteiger partial charge < -0.3 is 8.79 Å². The van der Waals surface area contributed by atoms with Gasteiger partial charge in [0.1, 0.15) is 7.02 Å². The number of nitrogens with zero attached hydrogens (tertiary/aromatic N) is 2. The van der Waals surface area contributed by atoms with Gasteiger partial charge in [-0.15, -0.1) is 0 Å². The lowest BCUT2D eigenvalue weighted by molar-refractivity contribution is -0.755. The van der Waals surface area contributed by atoms with Crippen LogP contribution in [0, 0.1) is 0 Å². The molecule has 0 saturated heterocycles. The summed E-state index contributed by atoms with van der Waals surface area (Å²) in [7, 11) is 16.7. The maximum Gasteiger partial charge on any atom is 0.684 e. The highest BCUT2D eigenvalue weighted by Gasteiger charge is 2.62. The summed E-state index contributed by atoms with van der Waals surface area (Å²) < 4.78 is 1.65. The minimum atomic E-state index is -1.75. The molecule has 0 heterocycles. The van der Waals surface area contributed by atoms with Crippen molar-refractivity contribution in [3.8, 4) is 0 Å². The minimum Gasteiger partial charge on any atom is -0.361 e. The number of quaternary nitrogens is 2. The number of rotatable bonds is 6. The average molecular weight is 325 g/mol. The quantitative estimate of drug-likeness (QED) is 0.564. The van der Waals surface area contributed by atoms with Crippen molar-refractivity contribution >= 4 is 31.9 Å². The molecular weight excluding hydrogens is 297 g/mol. The molecule has 2 nitrogen and oxygen atoms in total. The van der Waals surface area contributed by atoms with Gasteiger partial charge in [-0.25, -0.2) is 0 Å². The predicted octanol–water partition coefficient (Wildman–Crippen LogP) is 2.14. The van der Waals surface area contributed by atoms with E-state index in [2.05, 4.69) is 117 Å². The smallest absolute Gasteiger partial charge is 0.361 e. The summed E-state index contributed by atoms with van der Waals surface area (Å²) in [6, 6.07) is 21.9. The van der Waals surface area contributed by atoms with E-state index >= 15 is 0 Å². The van der Waals surface area contributed by atoms with Gasteiger partial charge in [0.2, 0.25) is 0 Å². The first kappa shape index (κ1) is 18.3. The third-order valence-electron chi connectivity index (χ3n) is 3.42. The highest BCUT2D eigenvalue weighted by atomic mass is 31.2. The van der Waals surface area contributed by atoms with Crippen LogP contribution in [0.5, 0.6) is 0 Å². The summed E-state index contributed by atoms with van der Waals surface area (Å²) in [4.78, 5) is 0. The fraction of sp³-hybridized carbons (Fsp3) is 0.333. The first-order chi connectivity index (χ1) is 10.6. The Morgan fingerprint density at radius 1 is 0.565 bits per heavy atom. The monoisotopic (exact) mass is 325 g/mol. The molecule has 0 aliphatic rings. The standard InChI is InChI=1S/C18H28B2N2P/c1-21(2,3)19-23(20-22(4,5)6,17-13-9-7-10-14-17)18-15-11-8-12-16-18/h7-16H,1-6H3/q+3. The van der Waals surface area contributed by atoms with E-state index in [1.165, 1.54) is 10.6 Å². The van der Waals surface area contributed by atoms with Crippen molar-refractivity contribution in [2.24, 2.45) is 0 Å². The minimum absolute atomic E-state index is 0.827. The number of hydrogen-bond donors (Lipinski definition) is 0. The van der Waals surface area contributed by atoms with E-state index in [1.807, 2.05) is 0 Å². The van der Waals surface area contributed by atoms with Crippen LogP contribution in [-0.2, 0) is 0 Å². The zero-order valence-corrected chi connectivity index (χ0v) is 16.2. The molecule has 2 aromatic rings. The lowest BCUT2D eigenvalue weighted by Gasteiger charge is -2.32. The van der Waals surface area contributed by atoms with Crippen molar-refractivity contribution in [3.63, 3.8) is 0 Å². The number of benzene rings is 2. The van der Waals surface area contributed by atoms with Gasteiger partial charge in [0.25, 0.3) is 0 Å². The van der Waals surface area contributed by atoms with Crippen LogP contribution in [0.25, 0.3) is 0 Å². The van der Waals surface area contributed by atoms with Crippen LogP contribution in [-0.4, -0.2) is 65.3 Å². The molecule has 118 valence electrons. The van der Waals surface area contributed by atoms with Gasteiger partial charge in [-0.1, -0.05) is 36.4 Å². The van der Waals surface area contributed by atoms with Gasteiger partial charge in [-0.05, 0) is 24.3 Å². The van der Waals surface area contributed by atoms with Crippen molar-refractivity contribution in [3.05, 3.63) is 60.7 Å². The Labute approximate surface area is 144 Å². The molecule has 0 spiro atoms. The molecule has 0 N–H and O–H groups in total. The van der Waals surface area contributed by atoms with E-state index < -0.39 is 7.02 Å². The fourth-order valence-corrected chi connectivity index (χ4v) is 7.30. The first-order valence-electron chi connectivity index (χ1n) is 7.98. The van der Waals surface area contributed by atoms with Crippen LogP contribution < -0.4 is 10.6 Å². The highest BCUT2D eigenvalue weighted by Crippen LogP contribution is 2.54. The number of hydrogen-bond acceptors (Lipinski definition) is 0. The molecular formula is C18H28B2N2P+3. The van der Waals surface area contributed by atoms with Crippen LogP contribution in [0.3, 0.4) is 0 Å². The maximum absolute atomic E-state index is 2.53. The van der Waals surface area contributed by atoms with E-state index in [1.54, 1.807) is 0 Å². The van der Waals surface area contributed by atoms with Crippen molar-refractivity contribution in [2.45, 2.75) is 0 Å². The molecule has 0 aromatic heterocycles. The van der Waals surface area contributed by atoms with Gasteiger partial charge in [0.15, 0.2) is 0 Å². The predicted molar refractivity (Wildman–Crippen MR) is 107 cm³/mol. The Balaban J connectivity index is 2.68. The second kappa shape index (κ2) is 6.81. The summed E-state index contributed by atoms with van der Waals surface area (Å²) in [6.07, 6.45) is 0. The van der Waals surface area contributed by atoms with E-state index in [0.29, 0.717) is 0 Å². The molecule has 5 heteroatoms. The van der Waals surface area contributed by atoms with Crippen LogP contribution >= 0.6 is 7.02 Å². The molecule has 0 unspecified atom stereocenters. The van der Waals surface area contributed by atoms with Crippen molar-refractivity contribution < 1.29 is 8.79 Å². The molecule has 2 aromatic carbocycles. The van der Waals surface area contributed by atoms with Gasteiger partial charge >= 0.3 is 14.3 Å². The third kappa shape index (κ3) is 4.94. The van der Waals surface area contributed by atoms with Crippen molar-refractivity contribution in [2.75, 3.05) is 42.3 Å². The Bertz CT molecular complexity index is 561. The van der Waals surface area contributed by atoms with Crippen LogP contribution in [0.2, 0.25) is 0 Å². The second-order valence-corrected chi connectivity index (χ2v) is 11.0. The van der Waals surface area contributed by atoms with E-state index in [0.717, 1.165) is 8.79 Å². The molecule has 23 heavy (non-hydrogen) atoms. The third-order valence-corrected chi connectivity index (χ3v) is 7.84. The molecule has 0 saturated carbocycles. The summed E-state index contributed by atoms with van der Waals surface area (Å²) in [5.41, 5.74) is 0. The highest BCUT2D eigenvalue weighted by molar-refractivity contribution is 8.27. The molecule has 0 fully saturated rings. The second-order valence-electron chi connectivity index (χ2n) is 7.91. The average Bonchev–Trinajstić information content (AvgIpc) is 2.45. The lowest BCUT2D eigenvalue weighted by atomic mass is 10.2. The zero-order chi connectivity index (χ0) is 17.1. The maximum atomic E-state index is 2.53. The topological polar surface area (TPSA) is 0 Å². The largest absolute Gasteiger partial charge is 0.684 e. The zero-order valence-electron chi connectivity index (χ0n) is 15.3. The Morgan fingerprint density at radius 2 is 0.870 bits per heavy atom. The Morgan fingerprint density at radius 3 is 1.13 bits per heavy atom. The summed E-state index contributed by atoms with van der Waals surface area (Å²) in [6.45, 7) is 0. The summed E-state index contributed by atoms with van der Waals surface area (Å²) in [5.74, 6) is 0. The van der Waals surface area contributed by atoms with Gasteiger partial charge in [0, 0.05) is 0 Å². The molecule has 2 rings (SSSR count). The van der Waals surface area contributed by atoms with Crippen LogP contribution in [0.1, 0.15) is 0 Å². The fourth-order valence-electron chi connectivity index (χ4n) is 2.89. The molecule has 0 aliphatic heterocycles. The Kier molecular flexibility index (Phi) is 5.40. The first-order valence-corrected chi connectivity index (χ1v) is 9.91. The van der Waals surface area contributed by atoms with Crippen LogP contribution in [0.4, 0.5) is 0 Å². The van der Waals surface area contributed by atoms with E-state index in [4.69, 9.17) is 0 Å².